The molecule has 2 aromatic heterocycles. The lowest BCUT2D eigenvalue weighted by atomic mass is 9.77. The van der Waals surface area contributed by atoms with Gasteiger partial charge in [0.25, 0.3) is 0 Å². The molecule has 0 radical (unpaired) electrons. The minimum atomic E-state index is -0.466. The molecule has 31 heavy (non-hydrogen) atoms. The van der Waals surface area contributed by atoms with E-state index in [0.29, 0.717) is 36.3 Å². The molecule has 0 spiro atoms. The van der Waals surface area contributed by atoms with Crippen LogP contribution in [-0.2, 0) is 16.0 Å². The third-order valence-corrected chi connectivity index (χ3v) is 6.20. The smallest absolute Gasteiger partial charge is 0.250 e. The molecule has 3 heterocycles. The first-order valence-electron chi connectivity index (χ1n) is 10.7. The number of H-pyrrole nitrogens is 1. The third-order valence-electron chi connectivity index (χ3n) is 6.20. The number of para-hydroxylation sites is 1. The number of aromatic nitrogens is 1. The fraction of sp³-hybridized carbons (Fsp3) is 0.280. The van der Waals surface area contributed by atoms with E-state index in [9.17, 15) is 9.59 Å². The zero-order valence-electron chi connectivity index (χ0n) is 17.5. The van der Waals surface area contributed by atoms with Crippen molar-refractivity contribution in [2.75, 3.05) is 6.54 Å². The van der Waals surface area contributed by atoms with Crippen LogP contribution in [0.2, 0.25) is 0 Å². The summed E-state index contributed by atoms with van der Waals surface area (Å²) in [5, 5.41) is 7.56. The van der Waals surface area contributed by atoms with E-state index < -0.39 is 5.92 Å². The molecule has 0 bridgehead atoms. The molecule has 0 saturated heterocycles. The number of ketones is 1. The van der Waals surface area contributed by atoms with Crippen molar-refractivity contribution in [3.63, 3.8) is 0 Å². The van der Waals surface area contributed by atoms with Crippen molar-refractivity contribution >= 4 is 22.6 Å². The summed E-state index contributed by atoms with van der Waals surface area (Å²) in [6.45, 7) is 2.40. The fourth-order valence-corrected chi connectivity index (χ4v) is 4.77. The summed E-state index contributed by atoms with van der Waals surface area (Å²) in [7, 11) is 0. The maximum atomic E-state index is 13.3. The fourth-order valence-electron chi connectivity index (χ4n) is 4.77. The van der Waals surface area contributed by atoms with Gasteiger partial charge in [-0.15, -0.1) is 0 Å². The summed E-state index contributed by atoms with van der Waals surface area (Å²) in [5.41, 5.74) is 5.19. The lowest BCUT2D eigenvalue weighted by Crippen LogP contribution is -2.38. The van der Waals surface area contributed by atoms with E-state index in [1.54, 1.807) is 12.3 Å². The first-order chi connectivity index (χ1) is 15.1. The van der Waals surface area contributed by atoms with Crippen molar-refractivity contribution in [2.24, 2.45) is 0 Å². The molecule has 1 aromatic carbocycles. The van der Waals surface area contributed by atoms with Gasteiger partial charge in [-0.2, -0.15) is 0 Å². The Morgan fingerprint density at radius 3 is 2.90 bits per heavy atom. The van der Waals surface area contributed by atoms with Gasteiger partial charge in [-0.05, 0) is 49.9 Å². The highest BCUT2D eigenvalue weighted by molar-refractivity contribution is 6.05. The second-order valence-electron chi connectivity index (χ2n) is 8.15. The molecule has 6 heteroatoms. The summed E-state index contributed by atoms with van der Waals surface area (Å²) < 4.78 is 5.68. The summed E-state index contributed by atoms with van der Waals surface area (Å²) in [4.78, 5) is 29.4. The number of nitrogens with one attached hydrogen (secondary N) is 3. The second-order valence-corrected chi connectivity index (χ2v) is 8.15. The van der Waals surface area contributed by atoms with Crippen LogP contribution in [0.5, 0.6) is 0 Å². The van der Waals surface area contributed by atoms with E-state index in [0.717, 1.165) is 29.8 Å². The van der Waals surface area contributed by atoms with Gasteiger partial charge in [0.1, 0.15) is 5.76 Å². The van der Waals surface area contributed by atoms with Gasteiger partial charge in [-0.25, -0.2) is 0 Å². The van der Waals surface area contributed by atoms with Crippen LogP contribution in [0.25, 0.3) is 10.9 Å². The Labute approximate surface area is 180 Å². The topological polar surface area (TPSA) is 87.1 Å². The number of fused-ring (bicyclic) bond motifs is 1. The van der Waals surface area contributed by atoms with E-state index in [4.69, 9.17) is 4.42 Å². The quantitative estimate of drug-likeness (QED) is 0.586. The maximum Gasteiger partial charge on any atom is 0.250 e. The average molecular weight is 415 g/mol. The third kappa shape index (κ3) is 3.48. The highest BCUT2D eigenvalue weighted by atomic mass is 16.3. The van der Waals surface area contributed by atoms with Gasteiger partial charge in [0.2, 0.25) is 5.91 Å². The predicted molar refractivity (Wildman–Crippen MR) is 118 cm³/mol. The number of allylic oxidation sites excluding steroid dienone is 3. The van der Waals surface area contributed by atoms with Crippen molar-refractivity contribution < 1.29 is 14.0 Å². The number of benzene rings is 1. The van der Waals surface area contributed by atoms with E-state index in [2.05, 4.69) is 21.7 Å². The first kappa shape index (κ1) is 19.4. The Morgan fingerprint density at radius 1 is 1.19 bits per heavy atom. The Bertz CT molecular complexity index is 1210. The van der Waals surface area contributed by atoms with Crippen molar-refractivity contribution in [1.29, 1.82) is 0 Å². The highest BCUT2D eigenvalue weighted by Crippen LogP contribution is 2.42. The molecule has 3 aromatic rings. The van der Waals surface area contributed by atoms with Crippen LogP contribution in [-0.4, -0.2) is 23.2 Å². The normalized spacial score (nSPS) is 18.9. The maximum absolute atomic E-state index is 13.3. The zero-order valence-corrected chi connectivity index (χ0v) is 17.5. The number of Topliss-reactive ketones (excluding diaryl/α,β-unsaturated/α-hetero) is 1. The molecule has 3 N–H and O–H groups in total. The summed E-state index contributed by atoms with van der Waals surface area (Å²) in [5.74, 6) is 0.0837. The summed E-state index contributed by atoms with van der Waals surface area (Å²) >= 11 is 0. The molecule has 0 fully saturated rings. The Morgan fingerprint density at radius 2 is 2.06 bits per heavy atom. The molecule has 1 unspecified atom stereocenters. The first-order valence-corrected chi connectivity index (χ1v) is 10.7. The average Bonchev–Trinajstić information content (AvgIpc) is 3.43. The molecule has 158 valence electrons. The number of carbonyl (C=O) groups is 2. The van der Waals surface area contributed by atoms with Gasteiger partial charge in [-0.1, -0.05) is 18.2 Å². The largest absolute Gasteiger partial charge is 0.468 e. The molecule has 1 aliphatic carbocycles. The summed E-state index contributed by atoms with van der Waals surface area (Å²) in [6.07, 6.45) is 6.44. The molecule has 0 saturated carbocycles. The lowest BCUT2D eigenvalue weighted by molar-refractivity contribution is -0.118. The number of rotatable bonds is 5. The monoisotopic (exact) mass is 415 g/mol. The van der Waals surface area contributed by atoms with Gasteiger partial charge < -0.3 is 20.0 Å². The van der Waals surface area contributed by atoms with Gasteiger partial charge in [-0.3, -0.25) is 9.59 Å². The predicted octanol–water partition coefficient (Wildman–Crippen LogP) is 4.09. The van der Waals surface area contributed by atoms with E-state index in [1.807, 2.05) is 37.4 Å². The number of furan rings is 1. The highest BCUT2D eigenvalue weighted by Gasteiger charge is 2.39. The molecule has 6 nitrogen and oxygen atoms in total. The van der Waals surface area contributed by atoms with Crippen LogP contribution in [0.1, 0.15) is 43.4 Å². The van der Waals surface area contributed by atoms with E-state index in [1.165, 1.54) is 10.9 Å². The Kier molecular flexibility index (Phi) is 4.98. The van der Waals surface area contributed by atoms with E-state index in [-0.39, 0.29) is 11.7 Å². The van der Waals surface area contributed by atoms with E-state index >= 15 is 0 Å². The minimum absolute atomic E-state index is 0.0896. The van der Waals surface area contributed by atoms with Crippen molar-refractivity contribution in [3.05, 3.63) is 82.7 Å². The number of hydrogen-bond donors (Lipinski definition) is 3. The van der Waals surface area contributed by atoms with Crippen LogP contribution >= 0.6 is 0 Å². The molecular formula is C25H25N3O3. The number of aromatic amines is 1. The molecule has 1 aliphatic heterocycles. The van der Waals surface area contributed by atoms with Crippen LogP contribution in [0.3, 0.4) is 0 Å². The summed E-state index contributed by atoms with van der Waals surface area (Å²) in [6, 6.07) is 11.8. The molecule has 2 aliphatic rings. The Hall–Kier alpha value is -3.54. The SMILES string of the molecule is CC1=C(C(=O)NCCc2c[nH]c3ccccc23)C(c2ccco2)C2=C(CCCC2=O)N1. The van der Waals surface area contributed by atoms with Gasteiger partial charge in [0, 0.05) is 47.0 Å². The van der Waals surface area contributed by atoms with Crippen molar-refractivity contribution in [2.45, 2.75) is 38.5 Å². The molecule has 1 amide bonds. The van der Waals surface area contributed by atoms with Crippen molar-refractivity contribution in [1.82, 2.24) is 15.6 Å². The van der Waals surface area contributed by atoms with Gasteiger partial charge in [0.05, 0.1) is 17.8 Å². The number of carbonyl (C=O) groups excluding carboxylic acids is 2. The molecule has 1 atom stereocenters. The van der Waals surface area contributed by atoms with Crippen LogP contribution < -0.4 is 10.6 Å². The van der Waals surface area contributed by atoms with Crippen LogP contribution in [0, 0.1) is 0 Å². The molecule has 5 rings (SSSR count). The van der Waals surface area contributed by atoms with Crippen molar-refractivity contribution in [3.8, 4) is 0 Å². The number of amides is 1. The lowest BCUT2D eigenvalue weighted by Gasteiger charge is -2.33. The van der Waals surface area contributed by atoms with Crippen LogP contribution in [0.15, 0.2) is 75.8 Å². The van der Waals surface area contributed by atoms with Gasteiger partial charge in [0.15, 0.2) is 5.78 Å². The second kappa shape index (κ2) is 7.95. The number of dihydropyridines is 1. The molecular weight excluding hydrogens is 390 g/mol. The zero-order chi connectivity index (χ0) is 21.4. The minimum Gasteiger partial charge on any atom is -0.468 e. The Balaban J connectivity index is 1.38. The van der Waals surface area contributed by atoms with Crippen LogP contribution in [0.4, 0.5) is 0 Å². The standard InChI is InChI=1S/C25H25N3O3/c1-15-22(25(30)26-12-11-16-14-27-18-7-3-2-6-17(16)18)24(21-10-5-13-31-21)23-19(28-15)8-4-9-20(23)29/h2-3,5-7,10,13-14,24,27-28H,4,8-9,11-12H2,1H3,(H,26,30). The van der Waals surface area contributed by atoms with Gasteiger partial charge >= 0.3 is 0 Å². The number of hydrogen-bond acceptors (Lipinski definition) is 4.